The highest BCUT2D eigenvalue weighted by Gasteiger charge is 2.38. The summed E-state index contributed by atoms with van der Waals surface area (Å²) in [6.07, 6.45) is -4.49. The van der Waals surface area contributed by atoms with E-state index in [0.29, 0.717) is 11.1 Å². The Balaban J connectivity index is 2.25. The van der Waals surface area contributed by atoms with Crippen molar-refractivity contribution in [1.82, 2.24) is 10.4 Å². The van der Waals surface area contributed by atoms with Crippen LogP contribution < -0.4 is 5.43 Å². The second-order valence-corrected chi connectivity index (χ2v) is 4.09. The monoisotopic (exact) mass is 269 g/mol. The highest BCUT2D eigenvalue weighted by atomic mass is 19.4. The molecule has 1 aliphatic heterocycles. The summed E-state index contributed by atoms with van der Waals surface area (Å²) in [6, 6.07) is 7.70. The van der Waals surface area contributed by atoms with E-state index in [2.05, 4.69) is 5.43 Å². The van der Waals surface area contributed by atoms with E-state index in [9.17, 15) is 18.0 Å². The molecular weight excluding hydrogens is 259 g/mol. The summed E-state index contributed by atoms with van der Waals surface area (Å²) in [5.74, 6) is -0.542. The van der Waals surface area contributed by atoms with Crippen molar-refractivity contribution < 1.29 is 18.0 Å². The Hall–Kier alpha value is -2.07. The van der Waals surface area contributed by atoms with Crippen LogP contribution in [-0.4, -0.2) is 23.6 Å². The lowest BCUT2D eigenvalue weighted by atomic mass is 10.0. The fourth-order valence-electron chi connectivity index (χ4n) is 2.04. The Morgan fingerprint density at radius 2 is 2.05 bits per heavy atom. The maximum absolute atomic E-state index is 12.2. The Bertz CT molecular complexity index is 536. The summed E-state index contributed by atoms with van der Waals surface area (Å²) in [7, 11) is 0. The average Bonchev–Trinajstić information content (AvgIpc) is 2.61. The fraction of sp³-hybridized carbons (Fsp3) is 0.333. The molecule has 0 spiro atoms. The number of alkyl halides is 3. The second kappa shape index (κ2) is 4.90. The minimum Gasteiger partial charge on any atom is -0.268 e. The van der Waals surface area contributed by atoms with Crippen LogP contribution in [0.15, 0.2) is 24.3 Å². The molecule has 0 bridgehead atoms. The van der Waals surface area contributed by atoms with Gasteiger partial charge >= 0.3 is 6.18 Å². The number of nitriles is 1. The topological polar surface area (TPSA) is 56.1 Å². The van der Waals surface area contributed by atoms with Crippen molar-refractivity contribution >= 4 is 5.91 Å². The number of hydrogen-bond donors (Lipinski definition) is 1. The van der Waals surface area contributed by atoms with Gasteiger partial charge < -0.3 is 0 Å². The summed E-state index contributed by atoms with van der Waals surface area (Å²) >= 11 is 0. The van der Waals surface area contributed by atoms with E-state index in [4.69, 9.17) is 5.26 Å². The van der Waals surface area contributed by atoms with Crippen LogP contribution in [0, 0.1) is 11.3 Å². The summed E-state index contributed by atoms with van der Waals surface area (Å²) in [4.78, 5) is 12.0. The van der Waals surface area contributed by atoms with Gasteiger partial charge in [0.15, 0.2) is 0 Å². The van der Waals surface area contributed by atoms with E-state index >= 15 is 0 Å². The molecule has 1 N–H and O–H groups in total. The number of amides is 1. The predicted octanol–water partition coefficient (Wildman–Crippen LogP) is 2.16. The van der Waals surface area contributed by atoms with Crippen molar-refractivity contribution in [3.8, 4) is 6.07 Å². The first kappa shape index (κ1) is 13.4. The van der Waals surface area contributed by atoms with Gasteiger partial charge in [-0.2, -0.15) is 18.4 Å². The number of carbonyl (C=O) groups excluding carboxylic acids is 1. The lowest BCUT2D eigenvalue weighted by Crippen LogP contribution is -2.45. The van der Waals surface area contributed by atoms with Crippen molar-refractivity contribution in [2.75, 3.05) is 6.54 Å². The van der Waals surface area contributed by atoms with Gasteiger partial charge in [0.05, 0.1) is 18.5 Å². The van der Waals surface area contributed by atoms with Crippen LogP contribution in [0.1, 0.15) is 28.4 Å². The Morgan fingerprint density at radius 1 is 1.37 bits per heavy atom. The lowest BCUT2D eigenvalue weighted by molar-refractivity contribution is -0.133. The van der Waals surface area contributed by atoms with Crippen LogP contribution >= 0.6 is 0 Å². The predicted molar refractivity (Wildman–Crippen MR) is 59.6 cm³/mol. The van der Waals surface area contributed by atoms with E-state index < -0.39 is 24.7 Å². The van der Waals surface area contributed by atoms with Gasteiger partial charge in [0.2, 0.25) is 0 Å². The number of hydrogen-bond acceptors (Lipinski definition) is 3. The molecule has 1 atom stereocenters. The molecule has 1 aromatic rings. The maximum atomic E-state index is 12.2. The third kappa shape index (κ3) is 2.69. The molecule has 0 aromatic heterocycles. The number of hydrazine groups is 1. The SMILES string of the molecule is N#CC[C@H]1c2ccccc2C(=O)N1NCC(F)(F)F. The lowest BCUT2D eigenvalue weighted by Gasteiger charge is -2.24. The smallest absolute Gasteiger partial charge is 0.268 e. The van der Waals surface area contributed by atoms with Crippen molar-refractivity contribution in [2.24, 2.45) is 0 Å². The zero-order chi connectivity index (χ0) is 14.0. The minimum absolute atomic E-state index is 0.0619. The van der Waals surface area contributed by atoms with Gasteiger partial charge in [0.25, 0.3) is 5.91 Å². The van der Waals surface area contributed by atoms with E-state index in [1.54, 1.807) is 18.2 Å². The summed E-state index contributed by atoms with van der Waals surface area (Å²) in [5.41, 5.74) is 2.96. The van der Waals surface area contributed by atoms with Crippen LogP contribution in [0.5, 0.6) is 0 Å². The molecule has 0 radical (unpaired) electrons. The fourth-order valence-corrected chi connectivity index (χ4v) is 2.04. The van der Waals surface area contributed by atoms with Gasteiger partial charge in [-0.1, -0.05) is 18.2 Å². The third-order valence-corrected chi connectivity index (χ3v) is 2.82. The average molecular weight is 269 g/mol. The van der Waals surface area contributed by atoms with Crippen LogP contribution in [-0.2, 0) is 0 Å². The molecule has 0 saturated heterocycles. The first-order valence-electron chi connectivity index (χ1n) is 5.54. The zero-order valence-electron chi connectivity index (χ0n) is 9.74. The van der Waals surface area contributed by atoms with E-state index in [-0.39, 0.29) is 6.42 Å². The molecule has 0 aliphatic carbocycles. The maximum Gasteiger partial charge on any atom is 0.402 e. The molecule has 7 heteroatoms. The quantitative estimate of drug-likeness (QED) is 0.914. The number of benzene rings is 1. The molecule has 0 saturated carbocycles. The standard InChI is InChI=1S/C12H10F3N3O/c13-12(14,15)7-17-18-10(5-6-16)8-3-1-2-4-9(8)11(18)19/h1-4,10,17H,5,7H2/t10-/m0/s1. The molecule has 2 rings (SSSR count). The summed E-state index contributed by atoms with van der Waals surface area (Å²) in [6.45, 7) is -1.31. The number of rotatable bonds is 3. The number of carbonyl (C=O) groups is 1. The van der Waals surface area contributed by atoms with Gasteiger partial charge in [0.1, 0.15) is 6.54 Å². The van der Waals surface area contributed by atoms with Gasteiger partial charge in [-0.25, -0.2) is 5.43 Å². The van der Waals surface area contributed by atoms with Gasteiger partial charge in [-0.3, -0.25) is 9.80 Å². The van der Waals surface area contributed by atoms with Crippen molar-refractivity contribution in [3.05, 3.63) is 35.4 Å². The van der Waals surface area contributed by atoms with Crippen molar-refractivity contribution in [2.45, 2.75) is 18.6 Å². The Kier molecular flexibility index (Phi) is 3.44. The molecule has 1 aromatic carbocycles. The first-order chi connectivity index (χ1) is 8.94. The number of nitrogens with zero attached hydrogens (tertiary/aromatic N) is 2. The molecule has 1 aliphatic rings. The normalized spacial score (nSPS) is 18.3. The highest BCUT2D eigenvalue weighted by molar-refractivity contribution is 5.98. The molecule has 0 fully saturated rings. The molecule has 100 valence electrons. The van der Waals surface area contributed by atoms with Crippen molar-refractivity contribution in [1.29, 1.82) is 5.26 Å². The molecule has 19 heavy (non-hydrogen) atoms. The highest BCUT2D eigenvalue weighted by Crippen LogP contribution is 2.34. The zero-order valence-corrected chi connectivity index (χ0v) is 9.74. The van der Waals surface area contributed by atoms with E-state index in [0.717, 1.165) is 5.01 Å². The van der Waals surface area contributed by atoms with E-state index in [1.807, 2.05) is 6.07 Å². The van der Waals surface area contributed by atoms with Crippen LogP contribution in [0.3, 0.4) is 0 Å². The largest absolute Gasteiger partial charge is 0.402 e. The number of fused-ring (bicyclic) bond motifs is 1. The second-order valence-electron chi connectivity index (χ2n) is 4.09. The molecule has 1 amide bonds. The molecule has 0 unspecified atom stereocenters. The minimum atomic E-state index is -4.42. The van der Waals surface area contributed by atoms with Crippen LogP contribution in [0.2, 0.25) is 0 Å². The van der Waals surface area contributed by atoms with Crippen LogP contribution in [0.25, 0.3) is 0 Å². The van der Waals surface area contributed by atoms with Gasteiger partial charge in [0, 0.05) is 5.56 Å². The molecule has 1 heterocycles. The molecular formula is C12H10F3N3O. The summed E-state index contributed by atoms with van der Waals surface area (Å²) in [5, 5.41) is 9.64. The Morgan fingerprint density at radius 3 is 2.68 bits per heavy atom. The number of halogens is 3. The van der Waals surface area contributed by atoms with Gasteiger partial charge in [-0.05, 0) is 11.6 Å². The Labute approximate surface area is 107 Å². The van der Waals surface area contributed by atoms with Crippen LogP contribution in [0.4, 0.5) is 13.2 Å². The summed E-state index contributed by atoms with van der Waals surface area (Å²) < 4.78 is 36.6. The van der Waals surface area contributed by atoms with Crippen molar-refractivity contribution in [3.63, 3.8) is 0 Å². The first-order valence-corrected chi connectivity index (χ1v) is 5.54. The third-order valence-electron chi connectivity index (χ3n) is 2.82. The van der Waals surface area contributed by atoms with E-state index in [1.165, 1.54) is 6.07 Å². The van der Waals surface area contributed by atoms with Gasteiger partial charge in [-0.15, -0.1) is 0 Å². The molecule has 4 nitrogen and oxygen atoms in total. The number of nitrogens with one attached hydrogen (secondary N) is 1.